The molecule has 2 rings (SSSR count). The molecule has 0 atom stereocenters. The quantitative estimate of drug-likeness (QED) is 0.844. The highest BCUT2D eigenvalue weighted by Gasteiger charge is 2.04. The first-order chi connectivity index (χ1) is 10.0. The molecule has 2 amide bonds. The lowest BCUT2D eigenvalue weighted by molar-refractivity contribution is 0.252. The van der Waals surface area contributed by atoms with Crippen molar-refractivity contribution in [3.63, 3.8) is 0 Å². The van der Waals surface area contributed by atoms with Gasteiger partial charge in [0.05, 0.1) is 0 Å². The van der Waals surface area contributed by atoms with E-state index in [4.69, 9.17) is 0 Å². The molecule has 21 heavy (non-hydrogen) atoms. The molecule has 3 nitrogen and oxygen atoms in total. The third kappa shape index (κ3) is 4.90. The third-order valence-corrected chi connectivity index (χ3v) is 3.77. The Bertz CT molecular complexity index is 623. The highest BCUT2D eigenvalue weighted by atomic mass is 79.9. The molecule has 2 N–H and O–H groups in total. The summed E-state index contributed by atoms with van der Waals surface area (Å²) in [6, 6.07) is 13.9. The van der Waals surface area contributed by atoms with Gasteiger partial charge >= 0.3 is 6.03 Å². The van der Waals surface area contributed by atoms with Crippen molar-refractivity contribution in [1.82, 2.24) is 5.32 Å². The minimum absolute atomic E-state index is 0.168. The van der Waals surface area contributed by atoms with Crippen LogP contribution >= 0.6 is 15.9 Å². The molecule has 2 aromatic rings. The van der Waals surface area contributed by atoms with Crippen LogP contribution in [0.15, 0.2) is 46.9 Å². The Morgan fingerprint density at radius 1 is 1.10 bits per heavy atom. The molecule has 0 aliphatic rings. The second kappa shape index (κ2) is 7.27. The van der Waals surface area contributed by atoms with Gasteiger partial charge in [-0.05, 0) is 49.6 Å². The van der Waals surface area contributed by atoms with E-state index in [9.17, 15) is 4.79 Å². The average molecular weight is 347 g/mol. The molecular weight excluding hydrogens is 328 g/mol. The topological polar surface area (TPSA) is 41.1 Å². The number of carbonyl (C=O) groups is 1. The Kier molecular flexibility index (Phi) is 5.39. The average Bonchev–Trinajstić information content (AvgIpc) is 2.44. The van der Waals surface area contributed by atoms with E-state index in [1.54, 1.807) is 0 Å². The van der Waals surface area contributed by atoms with Crippen LogP contribution in [0.3, 0.4) is 0 Å². The zero-order valence-electron chi connectivity index (χ0n) is 12.2. The minimum atomic E-state index is -0.168. The Balaban J connectivity index is 1.81. The van der Waals surface area contributed by atoms with Crippen molar-refractivity contribution in [3.8, 4) is 0 Å². The molecule has 0 fully saturated rings. The van der Waals surface area contributed by atoms with Crippen molar-refractivity contribution < 1.29 is 4.79 Å². The third-order valence-electron chi connectivity index (χ3n) is 3.24. The van der Waals surface area contributed by atoms with E-state index < -0.39 is 0 Å². The fraction of sp³-hybridized carbons (Fsp3) is 0.235. The molecule has 0 saturated carbocycles. The maximum atomic E-state index is 11.9. The summed E-state index contributed by atoms with van der Waals surface area (Å²) in [7, 11) is 0. The number of aryl methyl sites for hydroxylation is 2. The van der Waals surface area contributed by atoms with Crippen molar-refractivity contribution in [2.45, 2.75) is 20.3 Å². The maximum Gasteiger partial charge on any atom is 0.319 e. The van der Waals surface area contributed by atoms with Gasteiger partial charge < -0.3 is 10.6 Å². The number of amides is 2. The highest BCUT2D eigenvalue weighted by Crippen LogP contribution is 2.15. The van der Waals surface area contributed by atoms with Crippen LogP contribution < -0.4 is 10.6 Å². The summed E-state index contributed by atoms with van der Waals surface area (Å²) in [6.07, 6.45) is 0.813. The Morgan fingerprint density at radius 3 is 2.48 bits per heavy atom. The number of anilines is 1. The van der Waals surface area contributed by atoms with Gasteiger partial charge in [-0.15, -0.1) is 0 Å². The predicted octanol–water partition coefficient (Wildman–Crippen LogP) is 4.43. The van der Waals surface area contributed by atoms with Gasteiger partial charge in [-0.2, -0.15) is 0 Å². The van der Waals surface area contributed by atoms with Gasteiger partial charge in [0.25, 0.3) is 0 Å². The molecule has 0 bridgehead atoms. The minimum Gasteiger partial charge on any atom is -0.338 e. The van der Waals surface area contributed by atoms with Crippen LogP contribution in [0.4, 0.5) is 10.5 Å². The van der Waals surface area contributed by atoms with Crippen molar-refractivity contribution in [1.29, 1.82) is 0 Å². The first kappa shape index (κ1) is 15.6. The largest absolute Gasteiger partial charge is 0.338 e. The Morgan fingerprint density at radius 2 is 1.81 bits per heavy atom. The first-order valence-corrected chi connectivity index (χ1v) is 7.70. The number of hydrogen-bond donors (Lipinski definition) is 2. The fourth-order valence-corrected chi connectivity index (χ4v) is 2.36. The molecule has 4 heteroatoms. The molecule has 0 unspecified atom stereocenters. The standard InChI is InChI=1S/C17H19BrN2O/c1-12-3-8-16(13(2)11-12)20-17(21)19-10-9-14-4-6-15(18)7-5-14/h3-8,11H,9-10H2,1-2H3,(H2,19,20,21). The molecule has 2 aromatic carbocycles. The van der Waals surface area contributed by atoms with Gasteiger partial charge in [0.2, 0.25) is 0 Å². The fourth-order valence-electron chi connectivity index (χ4n) is 2.09. The van der Waals surface area contributed by atoms with E-state index in [1.165, 1.54) is 11.1 Å². The summed E-state index contributed by atoms with van der Waals surface area (Å²) in [5, 5.41) is 5.75. The number of hydrogen-bond acceptors (Lipinski definition) is 1. The van der Waals surface area contributed by atoms with Crippen molar-refractivity contribution >= 4 is 27.6 Å². The van der Waals surface area contributed by atoms with Gasteiger partial charge in [-0.25, -0.2) is 4.79 Å². The molecule has 0 aromatic heterocycles. The van der Waals surface area contributed by atoms with Crippen LogP contribution in [0.5, 0.6) is 0 Å². The maximum absolute atomic E-state index is 11.9. The zero-order valence-corrected chi connectivity index (χ0v) is 13.8. The SMILES string of the molecule is Cc1ccc(NC(=O)NCCc2ccc(Br)cc2)c(C)c1. The van der Waals surface area contributed by atoms with E-state index in [-0.39, 0.29) is 6.03 Å². The predicted molar refractivity (Wildman–Crippen MR) is 90.8 cm³/mol. The van der Waals surface area contributed by atoms with Crippen LogP contribution in [0.1, 0.15) is 16.7 Å². The molecule has 0 heterocycles. The smallest absolute Gasteiger partial charge is 0.319 e. The molecule has 0 radical (unpaired) electrons. The molecule has 0 aliphatic heterocycles. The van der Waals surface area contributed by atoms with Crippen molar-refractivity contribution in [2.75, 3.05) is 11.9 Å². The summed E-state index contributed by atoms with van der Waals surface area (Å²) in [5.41, 5.74) is 4.30. The van der Waals surface area contributed by atoms with E-state index in [2.05, 4.69) is 32.6 Å². The highest BCUT2D eigenvalue weighted by molar-refractivity contribution is 9.10. The van der Waals surface area contributed by atoms with Gasteiger partial charge in [0, 0.05) is 16.7 Å². The van der Waals surface area contributed by atoms with E-state index in [1.807, 2.05) is 50.2 Å². The summed E-state index contributed by atoms with van der Waals surface area (Å²) in [6.45, 7) is 4.64. The molecule has 0 saturated heterocycles. The lowest BCUT2D eigenvalue weighted by Crippen LogP contribution is -2.30. The van der Waals surface area contributed by atoms with E-state index in [0.717, 1.165) is 22.1 Å². The Hall–Kier alpha value is -1.81. The summed E-state index contributed by atoms with van der Waals surface area (Å²) >= 11 is 3.41. The van der Waals surface area contributed by atoms with E-state index in [0.29, 0.717) is 6.54 Å². The number of halogens is 1. The molecule has 0 aliphatic carbocycles. The normalized spacial score (nSPS) is 10.2. The van der Waals surface area contributed by atoms with Crippen LogP contribution in [-0.4, -0.2) is 12.6 Å². The second-order valence-electron chi connectivity index (χ2n) is 5.08. The number of urea groups is 1. The van der Waals surface area contributed by atoms with Gasteiger partial charge in [-0.3, -0.25) is 0 Å². The van der Waals surface area contributed by atoms with Gasteiger partial charge in [0.1, 0.15) is 0 Å². The monoisotopic (exact) mass is 346 g/mol. The number of carbonyl (C=O) groups excluding carboxylic acids is 1. The first-order valence-electron chi connectivity index (χ1n) is 6.91. The second-order valence-corrected chi connectivity index (χ2v) is 5.99. The van der Waals surface area contributed by atoms with Crippen molar-refractivity contribution in [3.05, 3.63) is 63.6 Å². The number of rotatable bonds is 4. The Labute approximate surface area is 133 Å². The molecule has 110 valence electrons. The van der Waals surface area contributed by atoms with Crippen LogP contribution in [0.2, 0.25) is 0 Å². The summed E-state index contributed by atoms with van der Waals surface area (Å²) in [4.78, 5) is 11.9. The number of benzene rings is 2. The summed E-state index contributed by atoms with van der Waals surface area (Å²) < 4.78 is 1.06. The van der Waals surface area contributed by atoms with Gasteiger partial charge in [-0.1, -0.05) is 45.8 Å². The zero-order chi connectivity index (χ0) is 15.2. The lowest BCUT2D eigenvalue weighted by atomic mass is 10.1. The van der Waals surface area contributed by atoms with Crippen LogP contribution in [0.25, 0.3) is 0 Å². The van der Waals surface area contributed by atoms with E-state index >= 15 is 0 Å². The lowest BCUT2D eigenvalue weighted by Gasteiger charge is -2.10. The van der Waals surface area contributed by atoms with Crippen LogP contribution in [0, 0.1) is 13.8 Å². The molecular formula is C17H19BrN2O. The summed E-state index contributed by atoms with van der Waals surface area (Å²) in [5.74, 6) is 0. The van der Waals surface area contributed by atoms with Crippen LogP contribution in [-0.2, 0) is 6.42 Å². The number of nitrogens with one attached hydrogen (secondary N) is 2. The molecule has 0 spiro atoms. The van der Waals surface area contributed by atoms with Gasteiger partial charge in [0.15, 0.2) is 0 Å². The van der Waals surface area contributed by atoms with Crippen molar-refractivity contribution in [2.24, 2.45) is 0 Å².